The van der Waals surface area contributed by atoms with E-state index in [1.807, 2.05) is 26.2 Å². The van der Waals surface area contributed by atoms with Crippen LogP contribution in [0, 0.1) is 0 Å². The van der Waals surface area contributed by atoms with Gasteiger partial charge < -0.3 is 22.9 Å². The van der Waals surface area contributed by atoms with Gasteiger partial charge in [0.1, 0.15) is 5.75 Å². The summed E-state index contributed by atoms with van der Waals surface area (Å²) >= 11 is 0. The van der Waals surface area contributed by atoms with Crippen LogP contribution in [0.25, 0.3) is 0 Å². The molecule has 0 atom stereocenters. The van der Waals surface area contributed by atoms with Crippen molar-refractivity contribution in [1.29, 1.82) is 0 Å². The summed E-state index contributed by atoms with van der Waals surface area (Å²) < 4.78 is 22.2. The van der Waals surface area contributed by atoms with E-state index in [2.05, 4.69) is 17.0 Å². The molecule has 1 rings (SSSR count). The normalized spacial score (nSPS) is 11.6. The lowest BCUT2D eigenvalue weighted by Crippen LogP contribution is -2.42. The van der Waals surface area contributed by atoms with Gasteiger partial charge in [0.25, 0.3) is 0 Å². The molecule has 6 heteroatoms. The fraction of sp³-hybridized carbons (Fsp3) is 0.727. The molecule has 5 nitrogen and oxygen atoms in total. The van der Waals surface area contributed by atoms with Gasteiger partial charge in [-0.3, -0.25) is 0 Å². The highest BCUT2D eigenvalue weighted by Gasteiger charge is 2.36. The van der Waals surface area contributed by atoms with Gasteiger partial charge in [0.2, 0.25) is 0 Å². The van der Waals surface area contributed by atoms with E-state index in [0.717, 1.165) is 31.2 Å². The topological polar surface area (TPSA) is 40.2 Å². The number of hydrogen-bond acceptors (Lipinski definition) is 5. The second-order valence-corrected chi connectivity index (χ2v) is 10.6. The monoisotopic (exact) mass is 411 g/mol. The van der Waals surface area contributed by atoms with Crippen molar-refractivity contribution in [3.05, 3.63) is 24.3 Å². The molecule has 0 bridgehead atoms. The second kappa shape index (κ2) is 14.9. The van der Waals surface area contributed by atoms with Gasteiger partial charge >= 0.3 is 8.80 Å². The first kappa shape index (κ1) is 25.0. The average Bonchev–Trinajstić information content (AvgIpc) is 2.72. The first-order chi connectivity index (χ1) is 13.6. The maximum atomic E-state index is 5.82. The zero-order valence-corrected chi connectivity index (χ0v) is 19.7. The number of benzene rings is 1. The fourth-order valence-corrected chi connectivity index (χ4v) is 5.06. The predicted octanol–water partition coefficient (Wildman–Crippen LogP) is 5.52. The molecule has 0 unspecified atom stereocenters. The molecule has 28 heavy (non-hydrogen) atoms. The molecule has 0 saturated carbocycles. The number of ether oxygens (including phenoxy) is 1. The third kappa shape index (κ3) is 9.91. The quantitative estimate of drug-likeness (QED) is 0.249. The van der Waals surface area contributed by atoms with Gasteiger partial charge in [0.05, 0.1) is 6.61 Å². The van der Waals surface area contributed by atoms with Crippen molar-refractivity contribution in [1.82, 2.24) is 0 Å². The van der Waals surface area contributed by atoms with Crippen LogP contribution in [0.3, 0.4) is 0 Å². The van der Waals surface area contributed by atoms with Gasteiger partial charge in [0, 0.05) is 47.2 Å². The molecule has 0 saturated heterocycles. The number of rotatable bonds is 17. The van der Waals surface area contributed by atoms with Crippen molar-refractivity contribution >= 4 is 14.5 Å². The Balaban J connectivity index is 1.93. The van der Waals surface area contributed by atoms with Crippen LogP contribution in [0.15, 0.2) is 24.3 Å². The molecular weight excluding hydrogens is 370 g/mol. The van der Waals surface area contributed by atoms with Crippen LogP contribution in [0.5, 0.6) is 5.75 Å². The first-order valence-corrected chi connectivity index (χ1v) is 12.6. The molecule has 1 aromatic carbocycles. The molecule has 0 fully saturated rings. The van der Waals surface area contributed by atoms with E-state index in [9.17, 15) is 0 Å². The predicted molar refractivity (Wildman–Crippen MR) is 119 cm³/mol. The lowest BCUT2D eigenvalue weighted by molar-refractivity contribution is 0.122. The van der Waals surface area contributed by atoms with Gasteiger partial charge in [-0.25, -0.2) is 0 Å². The van der Waals surface area contributed by atoms with Crippen LogP contribution < -0.4 is 9.64 Å². The lowest BCUT2D eigenvalue weighted by Gasteiger charge is -2.24. The van der Waals surface area contributed by atoms with E-state index >= 15 is 0 Å². The average molecular weight is 412 g/mol. The molecule has 0 aliphatic heterocycles. The number of nitrogens with zero attached hydrogens (tertiary/aromatic N) is 1. The summed E-state index contributed by atoms with van der Waals surface area (Å²) in [5.41, 5.74) is 1.20. The Kier molecular flexibility index (Phi) is 13.2. The van der Waals surface area contributed by atoms with E-state index in [-0.39, 0.29) is 0 Å². The Bertz CT molecular complexity index is 484. The van der Waals surface area contributed by atoms with Gasteiger partial charge in [-0.15, -0.1) is 0 Å². The SMILES string of the molecule is CO[Si](CCCCCCCCCCCOc1ccc(N(C)C)cc1)(OC)OC. The molecule has 0 amide bonds. The van der Waals surface area contributed by atoms with Crippen LogP contribution in [0.2, 0.25) is 6.04 Å². The Labute approximate surface area is 173 Å². The summed E-state index contributed by atoms with van der Waals surface area (Å²) in [6.07, 6.45) is 11.3. The van der Waals surface area contributed by atoms with Crippen LogP contribution in [-0.2, 0) is 13.3 Å². The third-order valence-corrected chi connectivity index (χ3v) is 8.01. The number of hydrogen-bond donors (Lipinski definition) is 0. The van der Waals surface area contributed by atoms with Crippen LogP contribution in [0.1, 0.15) is 57.8 Å². The minimum Gasteiger partial charge on any atom is -0.494 e. The summed E-state index contributed by atoms with van der Waals surface area (Å²) in [5, 5.41) is 0. The van der Waals surface area contributed by atoms with Crippen molar-refractivity contribution in [3.8, 4) is 5.75 Å². The molecule has 1 aromatic rings. The van der Waals surface area contributed by atoms with Crippen molar-refractivity contribution in [2.45, 2.75) is 63.8 Å². The summed E-state index contributed by atoms with van der Waals surface area (Å²) in [7, 11) is 6.79. The lowest BCUT2D eigenvalue weighted by atomic mass is 10.1. The van der Waals surface area contributed by atoms with Crippen molar-refractivity contribution < 1.29 is 18.0 Å². The maximum absolute atomic E-state index is 5.82. The van der Waals surface area contributed by atoms with Gasteiger partial charge in [-0.1, -0.05) is 44.9 Å². The van der Waals surface area contributed by atoms with E-state index < -0.39 is 8.80 Å². The Morgan fingerprint density at radius 2 is 1.14 bits per heavy atom. The number of unbranched alkanes of at least 4 members (excludes halogenated alkanes) is 8. The Morgan fingerprint density at radius 3 is 1.61 bits per heavy atom. The van der Waals surface area contributed by atoms with Crippen LogP contribution in [-0.4, -0.2) is 50.8 Å². The fourth-order valence-electron chi connectivity index (χ4n) is 3.27. The van der Waals surface area contributed by atoms with Crippen LogP contribution >= 0.6 is 0 Å². The van der Waals surface area contributed by atoms with E-state index in [4.69, 9.17) is 18.0 Å². The highest BCUT2D eigenvalue weighted by atomic mass is 28.4. The first-order valence-electron chi connectivity index (χ1n) is 10.6. The summed E-state index contributed by atoms with van der Waals surface area (Å²) in [6.45, 7) is 0.811. The minimum absolute atomic E-state index is 0.811. The molecule has 0 aromatic heterocycles. The zero-order valence-electron chi connectivity index (χ0n) is 18.7. The second-order valence-electron chi connectivity index (χ2n) is 7.46. The van der Waals surface area contributed by atoms with Crippen molar-refractivity contribution in [3.63, 3.8) is 0 Å². The molecule has 0 heterocycles. The molecule has 0 aliphatic rings. The highest BCUT2D eigenvalue weighted by molar-refractivity contribution is 6.60. The summed E-state index contributed by atoms with van der Waals surface area (Å²) in [6, 6.07) is 9.20. The standard InChI is InChI=1S/C22H41NO4Si/c1-23(2)21-15-17-22(18-16-21)27-19-13-11-9-7-6-8-10-12-14-20-28(24-3,25-4)26-5/h15-18H,6-14,19-20H2,1-5H3. The Hall–Kier alpha value is -1.08. The highest BCUT2D eigenvalue weighted by Crippen LogP contribution is 2.19. The minimum atomic E-state index is -2.36. The van der Waals surface area contributed by atoms with Crippen molar-refractivity contribution in [2.75, 3.05) is 46.9 Å². The number of anilines is 1. The van der Waals surface area contributed by atoms with Gasteiger partial charge in [-0.05, 0) is 37.1 Å². The molecule has 0 aliphatic carbocycles. The largest absolute Gasteiger partial charge is 0.500 e. The van der Waals surface area contributed by atoms with Gasteiger partial charge in [0.15, 0.2) is 0 Å². The molecule has 0 N–H and O–H groups in total. The Morgan fingerprint density at radius 1 is 0.679 bits per heavy atom. The molecule has 162 valence electrons. The van der Waals surface area contributed by atoms with Gasteiger partial charge in [-0.2, -0.15) is 0 Å². The zero-order chi connectivity index (χ0) is 20.7. The van der Waals surface area contributed by atoms with Crippen molar-refractivity contribution in [2.24, 2.45) is 0 Å². The molecule has 0 spiro atoms. The smallest absolute Gasteiger partial charge is 0.494 e. The van der Waals surface area contributed by atoms with E-state index in [0.29, 0.717) is 0 Å². The summed E-state index contributed by atoms with van der Waals surface area (Å²) in [4.78, 5) is 2.09. The third-order valence-electron chi connectivity index (χ3n) is 5.18. The van der Waals surface area contributed by atoms with Crippen LogP contribution in [0.4, 0.5) is 5.69 Å². The van der Waals surface area contributed by atoms with E-state index in [1.165, 1.54) is 50.6 Å². The maximum Gasteiger partial charge on any atom is 0.500 e. The molecular formula is C22H41NO4Si. The van der Waals surface area contributed by atoms with E-state index in [1.54, 1.807) is 21.3 Å². The molecule has 0 radical (unpaired) electrons. The summed E-state index contributed by atoms with van der Waals surface area (Å²) in [5.74, 6) is 0.966.